The second-order valence-corrected chi connectivity index (χ2v) is 5.26. The summed E-state index contributed by atoms with van der Waals surface area (Å²) in [5, 5.41) is 6.73. The van der Waals surface area contributed by atoms with Crippen molar-refractivity contribution in [1.82, 2.24) is 15.1 Å². The van der Waals surface area contributed by atoms with Crippen molar-refractivity contribution in [2.24, 2.45) is 0 Å². The van der Waals surface area contributed by atoms with Gasteiger partial charge in [-0.15, -0.1) is 0 Å². The quantitative estimate of drug-likeness (QED) is 0.856. The Hall–Kier alpha value is -2.70. The molecule has 1 atom stereocenters. The van der Waals surface area contributed by atoms with Crippen LogP contribution >= 0.6 is 0 Å². The molecule has 0 bridgehead atoms. The zero-order chi connectivity index (χ0) is 17.0. The first-order valence-electron chi connectivity index (χ1n) is 7.12. The molecule has 1 unspecified atom stereocenters. The molecule has 2 rings (SSSR count). The number of rotatable bonds is 5. The summed E-state index contributed by atoms with van der Waals surface area (Å²) in [6.45, 7) is 3.35. The lowest BCUT2D eigenvalue weighted by Crippen LogP contribution is -2.52. The predicted octanol–water partition coefficient (Wildman–Crippen LogP) is 2.08. The number of hydrogen-bond donors (Lipinski definition) is 1. The Morgan fingerprint density at radius 2 is 2.13 bits per heavy atom. The van der Waals surface area contributed by atoms with Crippen LogP contribution in [0.15, 0.2) is 36.5 Å². The SMILES string of the molecule is CCC(C)(NC(=O)c1ccn(-c2cccc(F)c2)n1)C(=O)OC. The van der Waals surface area contributed by atoms with Crippen molar-refractivity contribution in [2.75, 3.05) is 7.11 Å². The number of ether oxygens (including phenoxy) is 1. The first-order chi connectivity index (χ1) is 10.9. The number of nitrogens with zero attached hydrogens (tertiary/aromatic N) is 2. The minimum atomic E-state index is -1.13. The van der Waals surface area contributed by atoms with Gasteiger partial charge in [0, 0.05) is 6.20 Å². The van der Waals surface area contributed by atoms with Crippen LogP contribution in [0.3, 0.4) is 0 Å². The van der Waals surface area contributed by atoms with Gasteiger partial charge in [-0.3, -0.25) is 4.79 Å². The minimum absolute atomic E-state index is 0.123. The van der Waals surface area contributed by atoms with E-state index in [0.717, 1.165) is 0 Å². The average Bonchev–Trinajstić information content (AvgIpc) is 3.04. The van der Waals surface area contributed by atoms with E-state index < -0.39 is 23.2 Å². The van der Waals surface area contributed by atoms with E-state index in [9.17, 15) is 14.0 Å². The maximum absolute atomic E-state index is 13.2. The van der Waals surface area contributed by atoms with E-state index in [4.69, 9.17) is 4.74 Å². The Morgan fingerprint density at radius 3 is 2.74 bits per heavy atom. The van der Waals surface area contributed by atoms with Crippen LogP contribution < -0.4 is 5.32 Å². The van der Waals surface area contributed by atoms with Gasteiger partial charge in [0.05, 0.1) is 12.8 Å². The summed E-state index contributed by atoms with van der Waals surface area (Å²) in [6, 6.07) is 7.34. The van der Waals surface area contributed by atoms with Crippen LogP contribution in [-0.4, -0.2) is 34.3 Å². The third-order valence-electron chi connectivity index (χ3n) is 3.63. The molecule has 1 N–H and O–H groups in total. The number of halogens is 1. The van der Waals surface area contributed by atoms with E-state index >= 15 is 0 Å². The summed E-state index contributed by atoms with van der Waals surface area (Å²) >= 11 is 0. The Balaban J connectivity index is 2.20. The maximum atomic E-state index is 13.2. The van der Waals surface area contributed by atoms with Crippen molar-refractivity contribution in [1.29, 1.82) is 0 Å². The summed E-state index contributed by atoms with van der Waals surface area (Å²) < 4.78 is 19.3. The number of carbonyl (C=O) groups excluding carboxylic acids is 2. The molecule has 0 fully saturated rings. The number of esters is 1. The highest BCUT2D eigenvalue weighted by atomic mass is 19.1. The Labute approximate surface area is 133 Å². The molecular formula is C16H18FN3O3. The van der Waals surface area contributed by atoms with Crippen LogP contribution in [-0.2, 0) is 9.53 Å². The number of aromatic nitrogens is 2. The summed E-state index contributed by atoms with van der Waals surface area (Å²) in [5.74, 6) is -1.43. The van der Waals surface area contributed by atoms with Crippen LogP contribution in [0.2, 0.25) is 0 Å². The molecule has 0 spiro atoms. The molecule has 1 amide bonds. The van der Waals surface area contributed by atoms with Crippen molar-refractivity contribution < 1.29 is 18.7 Å². The highest BCUT2D eigenvalue weighted by molar-refractivity contribution is 5.96. The van der Waals surface area contributed by atoms with Gasteiger partial charge in [-0.25, -0.2) is 13.9 Å². The van der Waals surface area contributed by atoms with E-state index in [2.05, 4.69) is 10.4 Å². The third kappa shape index (κ3) is 3.56. The number of benzene rings is 1. The summed E-state index contributed by atoms with van der Waals surface area (Å²) in [4.78, 5) is 24.1. The molecule has 0 aliphatic heterocycles. The molecule has 6 nitrogen and oxygen atoms in total. The van der Waals surface area contributed by atoms with Gasteiger partial charge >= 0.3 is 5.97 Å². The van der Waals surface area contributed by atoms with Crippen molar-refractivity contribution in [2.45, 2.75) is 25.8 Å². The highest BCUT2D eigenvalue weighted by Gasteiger charge is 2.34. The van der Waals surface area contributed by atoms with E-state index in [1.165, 1.54) is 30.0 Å². The van der Waals surface area contributed by atoms with Crippen LogP contribution in [0, 0.1) is 5.82 Å². The number of carbonyl (C=O) groups is 2. The molecule has 1 heterocycles. The normalized spacial score (nSPS) is 13.2. The lowest BCUT2D eigenvalue weighted by molar-refractivity contribution is -0.147. The molecule has 0 aliphatic rings. The largest absolute Gasteiger partial charge is 0.467 e. The molecule has 122 valence electrons. The Bertz CT molecular complexity index is 729. The average molecular weight is 319 g/mol. The lowest BCUT2D eigenvalue weighted by Gasteiger charge is -2.25. The fourth-order valence-corrected chi connectivity index (χ4v) is 2.03. The second-order valence-electron chi connectivity index (χ2n) is 5.26. The van der Waals surface area contributed by atoms with Gasteiger partial charge in [-0.2, -0.15) is 5.10 Å². The van der Waals surface area contributed by atoms with Gasteiger partial charge in [0.2, 0.25) is 0 Å². The summed E-state index contributed by atoms with van der Waals surface area (Å²) in [7, 11) is 1.26. The van der Waals surface area contributed by atoms with E-state index in [0.29, 0.717) is 12.1 Å². The molecular weight excluding hydrogens is 301 g/mol. The number of amides is 1. The van der Waals surface area contributed by atoms with Crippen LogP contribution in [0.4, 0.5) is 4.39 Å². The Morgan fingerprint density at radius 1 is 1.39 bits per heavy atom. The molecule has 0 saturated heterocycles. The molecule has 0 radical (unpaired) electrons. The smallest absolute Gasteiger partial charge is 0.331 e. The van der Waals surface area contributed by atoms with Gasteiger partial charge in [0.15, 0.2) is 5.69 Å². The fraction of sp³-hybridized carbons (Fsp3) is 0.312. The summed E-state index contributed by atoms with van der Waals surface area (Å²) in [6.07, 6.45) is 1.92. The van der Waals surface area contributed by atoms with Crippen LogP contribution in [0.25, 0.3) is 5.69 Å². The van der Waals surface area contributed by atoms with Crippen LogP contribution in [0.1, 0.15) is 30.8 Å². The second kappa shape index (κ2) is 6.60. The standard InChI is InChI=1S/C16H18FN3O3/c1-4-16(2,15(22)23-3)18-14(21)13-8-9-20(19-13)12-7-5-6-11(17)10-12/h5-10H,4H2,1-3H3,(H,18,21). The summed E-state index contributed by atoms with van der Waals surface area (Å²) in [5.41, 5.74) is -0.512. The number of hydrogen-bond acceptors (Lipinski definition) is 4. The van der Waals surface area contributed by atoms with E-state index in [1.54, 1.807) is 32.2 Å². The fourth-order valence-electron chi connectivity index (χ4n) is 2.03. The van der Waals surface area contributed by atoms with Gasteiger partial charge in [-0.1, -0.05) is 13.0 Å². The van der Waals surface area contributed by atoms with Crippen molar-refractivity contribution in [3.8, 4) is 5.69 Å². The minimum Gasteiger partial charge on any atom is -0.467 e. The van der Waals surface area contributed by atoms with Gasteiger partial charge in [-0.05, 0) is 37.6 Å². The topological polar surface area (TPSA) is 73.2 Å². The van der Waals surface area contributed by atoms with E-state index in [1.807, 2.05) is 0 Å². The first-order valence-corrected chi connectivity index (χ1v) is 7.12. The lowest BCUT2D eigenvalue weighted by atomic mass is 9.99. The van der Waals surface area contributed by atoms with Gasteiger partial charge in [0.25, 0.3) is 5.91 Å². The zero-order valence-corrected chi connectivity index (χ0v) is 13.2. The zero-order valence-electron chi connectivity index (χ0n) is 13.2. The Kier molecular flexibility index (Phi) is 4.78. The number of nitrogens with one attached hydrogen (secondary N) is 1. The van der Waals surface area contributed by atoms with Crippen LogP contribution in [0.5, 0.6) is 0 Å². The number of methoxy groups -OCH3 is 1. The van der Waals surface area contributed by atoms with Crippen molar-refractivity contribution in [3.63, 3.8) is 0 Å². The van der Waals surface area contributed by atoms with Gasteiger partial charge in [0.1, 0.15) is 11.4 Å². The molecule has 7 heteroatoms. The molecule has 23 heavy (non-hydrogen) atoms. The van der Waals surface area contributed by atoms with Gasteiger partial charge < -0.3 is 10.1 Å². The molecule has 1 aromatic heterocycles. The van der Waals surface area contributed by atoms with Crippen molar-refractivity contribution in [3.05, 3.63) is 48.0 Å². The predicted molar refractivity (Wildman–Crippen MR) is 81.7 cm³/mol. The van der Waals surface area contributed by atoms with E-state index in [-0.39, 0.29) is 5.69 Å². The molecule has 0 saturated carbocycles. The molecule has 0 aliphatic carbocycles. The molecule has 2 aromatic rings. The maximum Gasteiger partial charge on any atom is 0.331 e. The first kappa shape index (κ1) is 16.7. The monoisotopic (exact) mass is 319 g/mol. The molecule has 1 aromatic carbocycles. The van der Waals surface area contributed by atoms with Crippen molar-refractivity contribution >= 4 is 11.9 Å². The highest BCUT2D eigenvalue weighted by Crippen LogP contribution is 2.14. The third-order valence-corrected chi connectivity index (χ3v) is 3.63.